The van der Waals surface area contributed by atoms with Gasteiger partial charge in [-0.15, -0.1) is 0 Å². The molecular formula is C15H21N3O. The smallest absolute Gasteiger partial charge is 0.120 e. The first kappa shape index (κ1) is 13.6. The van der Waals surface area contributed by atoms with Gasteiger partial charge in [-0.3, -0.25) is 0 Å². The molecule has 1 heterocycles. The molecular weight excluding hydrogens is 238 g/mol. The number of hydrogen-bond donors (Lipinski definition) is 3. The molecule has 0 bridgehead atoms. The zero-order valence-electron chi connectivity index (χ0n) is 11.5. The van der Waals surface area contributed by atoms with Gasteiger partial charge in [0.25, 0.3) is 0 Å². The molecule has 0 fully saturated rings. The minimum atomic E-state index is 0.310. The average molecular weight is 259 g/mol. The van der Waals surface area contributed by atoms with Gasteiger partial charge < -0.3 is 15.4 Å². The number of aromatic amines is 1. The van der Waals surface area contributed by atoms with Crippen molar-refractivity contribution in [3.63, 3.8) is 0 Å². The minimum Gasteiger partial charge on any atom is -0.508 e. The number of rotatable bonds is 6. The summed E-state index contributed by atoms with van der Waals surface area (Å²) in [5.41, 5.74) is 3.23. The number of aryl methyl sites for hydroxylation is 1. The van der Waals surface area contributed by atoms with Gasteiger partial charge in [-0.05, 0) is 43.1 Å². The van der Waals surface area contributed by atoms with Gasteiger partial charge in [-0.2, -0.15) is 0 Å². The number of benzene rings is 1. The molecule has 2 aromatic rings. The maximum absolute atomic E-state index is 9.53. The number of phenols is 1. The Kier molecular flexibility index (Phi) is 4.58. The Morgan fingerprint density at radius 2 is 2.16 bits per heavy atom. The van der Waals surface area contributed by atoms with Crippen LogP contribution in [0.25, 0.3) is 11.3 Å². The second-order valence-electron chi connectivity index (χ2n) is 4.62. The summed E-state index contributed by atoms with van der Waals surface area (Å²) in [4.78, 5) is 7.71. The molecule has 0 amide bonds. The Morgan fingerprint density at radius 1 is 1.32 bits per heavy atom. The van der Waals surface area contributed by atoms with Crippen molar-refractivity contribution in [2.24, 2.45) is 0 Å². The molecule has 0 radical (unpaired) electrons. The summed E-state index contributed by atoms with van der Waals surface area (Å²) >= 11 is 0. The summed E-state index contributed by atoms with van der Waals surface area (Å²) in [5.74, 6) is 1.25. The Hall–Kier alpha value is -1.81. The predicted octanol–water partition coefficient (Wildman–Crippen LogP) is 2.84. The molecule has 0 saturated carbocycles. The first-order chi connectivity index (χ1) is 9.24. The van der Waals surface area contributed by atoms with Crippen LogP contribution < -0.4 is 5.32 Å². The van der Waals surface area contributed by atoms with Crippen molar-refractivity contribution in [3.8, 4) is 17.0 Å². The van der Waals surface area contributed by atoms with E-state index in [2.05, 4.69) is 29.1 Å². The molecule has 0 saturated heterocycles. The normalized spacial score (nSPS) is 10.8. The van der Waals surface area contributed by atoms with Gasteiger partial charge in [0.05, 0.1) is 18.4 Å². The average Bonchev–Trinajstić information content (AvgIpc) is 2.87. The second kappa shape index (κ2) is 6.38. The fraction of sp³-hybridized carbons (Fsp3) is 0.400. The Morgan fingerprint density at radius 3 is 2.89 bits per heavy atom. The van der Waals surface area contributed by atoms with Crippen molar-refractivity contribution in [2.45, 2.75) is 33.2 Å². The second-order valence-corrected chi connectivity index (χ2v) is 4.62. The molecule has 3 N–H and O–H groups in total. The lowest BCUT2D eigenvalue weighted by atomic mass is 10.0. The van der Waals surface area contributed by atoms with Crippen molar-refractivity contribution in [1.29, 1.82) is 0 Å². The van der Waals surface area contributed by atoms with E-state index in [9.17, 15) is 5.11 Å². The fourth-order valence-electron chi connectivity index (χ4n) is 2.11. The van der Waals surface area contributed by atoms with Gasteiger partial charge >= 0.3 is 0 Å². The monoisotopic (exact) mass is 259 g/mol. The van der Waals surface area contributed by atoms with Crippen molar-refractivity contribution in [3.05, 3.63) is 35.8 Å². The molecule has 0 spiro atoms. The maximum atomic E-state index is 9.53. The zero-order valence-corrected chi connectivity index (χ0v) is 11.5. The molecule has 0 atom stereocenters. The van der Waals surface area contributed by atoms with E-state index in [0.717, 1.165) is 48.6 Å². The quantitative estimate of drug-likeness (QED) is 0.699. The summed E-state index contributed by atoms with van der Waals surface area (Å²) in [6.07, 6.45) is 3.85. The molecule has 19 heavy (non-hydrogen) atoms. The molecule has 102 valence electrons. The first-order valence-corrected chi connectivity index (χ1v) is 6.81. The number of phenolic OH excluding ortho intramolecular Hbond substituents is 1. The highest BCUT2D eigenvalue weighted by Gasteiger charge is 2.08. The van der Waals surface area contributed by atoms with Gasteiger partial charge in [-0.25, -0.2) is 4.98 Å². The van der Waals surface area contributed by atoms with E-state index in [1.807, 2.05) is 18.3 Å². The molecule has 0 aliphatic heterocycles. The largest absolute Gasteiger partial charge is 0.508 e. The lowest BCUT2D eigenvalue weighted by molar-refractivity contribution is 0.474. The molecule has 0 aliphatic carbocycles. The SMILES string of the molecule is CCCNCc1ncc(-c2ccc(O)cc2CC)[nH]1. The van der Waals surface area contributed by atoms with Crippen molar-refractivity contribution < 1.29 is 5.11 Å². The van der Waals surface area contributed by atoms with Crippen LogP contribution in [-0.4, -0.2) is 21.6 Å². The standard InChI is InChI=1S/C15H21N3O/c1-3-7-16-10-15-17-9-14(18-15)13-6-5-12(19)8-11(13)4-2/h5-6,8-9,16,19H,3-4,7,10H2,1-2H3,(H,17,18). The highest BCUT2D eigenvalue weighted by molar-refractivity contribution is 5.64. The van der Waals surface area contributed by atoms with Crippen LogP contribution in [0.2, 0.25) is 0 Å². The maximum Gasteiger partial charge on any atom is 0.120 e. The van der Waals surface area contributed by atoms with E-state index < -0.39 is 0 Å². The van der Waals surface area contributed by atoms with Crippen LogP contribution in [-0.2, 0) is 13.0 Å². The minimum absolute atomic E-state index is 0.310. The third kappa shape index (κ3) is 3.35. The number of nitrogens with zero attached hydrogens (tertiary/aromatic N) is 1. The third-order valence-electron chi connectivity index (χ3n) is 3.11. The van der Waals surface area contributed by atoms with Crippen LogP contribution in [0.15, 0.2) is 24.4 Å². The van der Waals surface area contributed by atoms with E-state index >= 15 is 0 Å². The van der Waals surface area contributed by atoms with Crippen LogP contribution in [0.4, 0.5) is 0 Å². The Bertz CT molecular complexity index is 534. The zero-order chi connectivity index (χ0) is 13.7. The van der Waals surface area contributed by atoms with Crippen LogP contribution >= 0.6 is 0 Å². The Balaban J connectivity index is 2.18. The lowest BCUT2D eigenvalue weighted by Crippen LogP contribution is -2.14. The van der Waals surface area contributed by atoms with Crippen molar-refractivity contribution in [2.75, 3.05) is 6.54 Å². The summed E-state index contributed by atoms with van der Waals surface area (Å²) in [6.45, 7) is 5.98. The number of hydrogen-bond acceptors (Lipinski definition) is 3. The molecule has 2 rings (SSSR count). The number of nitrogens with one attached hydrogen (secondary N) is 2. The van der Waals surface area contributed by atoms with Gasteiger partial charge in [0.2, 0.25) is 0 Å². The van der Waals surface area contributed by atoms with Crippen molar-refractivity contribution in [1.82, 2.24) is 15.3 Å². The molecule has 1 aromatic heterocycles. The molecule has 4 heteroatoms. The van der Waals surface area contributed by atoms with E-state index in [1.165, 1.54) is 0 Å². The van der Waals surface area contributed by atoms with Crippen LogP contribution in [0.1, 0.15) is 31.7 Å². The summed E-state index contributed by atoms with van der Waals surface area (Å²) < 4.78 is 0. The third-order valence-corrected chi connectivity index (χ3v) is 3.11. The van der Waals surface area contributed by atoms with Gasteiger partial charge in [-0.1, -0.05) is 13.8 Å². The summed E-state index contributed by atoms with van der Waals surface area (Å²) in [7, 11) is 0. The van der Waals surface area contributed by atoms with E-state index in [0.29, 0.717) is 5.75 Å². The number of aromatic nitrogens is 2. The van der Waals surface area contributed by atoms with Crippen LogP contribution in [0, 0.1) is 0 Å². The fourth-order valence-corrected chi connectivity index (χ4v) is 2.11. The molecule has 0 unspecified atom stereocenters. The van der Waals surface area contributed by atoms with Crippen LogP contribution in [0.3, 0.4) is 0 Å². The van der Waals surface area contributed by atoms with Crippen molar-refractivity contribution >= 4 is 0 Å². The predicted molar refractivity (Wildman–Crippen MR) is 77.1 cm³/mol. The summed E-state index contributed by atoms with van der Waals surface area (Å²) in [6, 6.07) is 5.46. The molecule has 1 aromatic carbocycles. The number of H-pyrrole nitrogens is 1. The molecule has 4 nitrogen and oxygen atoms in total. The highest BCUT2D eigenvalue weighted by atomic mass is 16.3. The van der Waals surface area contributed by atoms with Gasteiger partial charge in [0.15, 0.2) is 0 Å². The summed E-state index contributed by atoms with van der Waals surface area (Å²) in [5, 5.41) is 12.8. The van der Waals surface area contributed by atoms with Crippen LogP contribution in [0.5, 0.6) is 5.75 Å². The highest BCUT2D eigenvalue weighted by Crippen LogP contribution is 2.26. The number of imidazole rings is 1. The first-order valence-electron chi connectivity index (χ1n) is 6.81. The Labute approximate surface area is 113 Å². The van der Waals surface area contributed by atoms with E-state index in [1.54, 1.807) is 6.07 Å². The van der Waals surface area contributed by atoms with E-state index in [-0.39, 0.29) is 0 Å². The lowest BCUT2D eigenvalue weighted by Gasteiger charge is -2.06. The van der Waals surface area contributed by atoms with Gasteiger partial charge in [0, 0.05) is 5.56 Å². The van der Waals surface area contributed by atoms with Gasteiger partial charge in [0.1, 0.15) is 11.6 Å². The number of aromatic hydroxyl groups is 1. The topological polar surface area (TPSA) is 60.9 Å². The van der Waals surface area contributed by atoms with E-state index in [4.69, 9.17) is 0 Å². The molecule has 0 aliphatic rings.